The van der Waals surface area contributed by atoms with Crippen molar-refractivity contribution in [2.75, 3.05) is 37.0 Å². The topological polar surface area (TPSA) is 61.9 Å². The second kappa shape index (κ2) is 7.91. The predicted octanol–water partition coefficient (Wildman–Crippen LogP) is 3.27. The van der Waals surface area contributed by atoms with Gasteiger partial charge in [-0.15, -0.1) is 0 Å². The maximum atomic E-state index is 12.2. The van der Waals surface area contributed by atoms with E-state index in [1.54, 1.807) is 29.0 Å². The average Bonchev–Trinajstić information content (AvgIpc) is 2.63. The van der Waals surface area contributed by atoms with Gasteiger partial charge in [-0.05, 0) is 55.3 Å². The number of rotatable bonds is 5. The largest absolute Gasteiger partial charge is 0.484 e. The molecule has 136 valence electrons. The van der Waals surface area contributed by atoms with Gasteiger partial charge in [-0.2, -0.15) is 0 Å². The number of carbonyl (C=O) groups excluding carboxylic acids is 2. The first-order chi connectivity index (χ1) is 12.5. The van der Waals surface area contributed by atoms with Crippen molar-refractivity contribution in [3.63, 3.8) is 0 Å². The summed E-state index contributed by atoms with van der Waals surface area (Å²) in [7, 11) is 1.80. The fraction of sp³-hybridized carbons (Fsp3) is 0.300. The number of amides is 3. The molecular weight excluding hydrogens is 330 g/mol. The summed E-state index contributed by atoms with van der Waals surface area (Å²) in [5, 5.41) is 2.80. The molecule has 0 aromatic heterocycles. The van der Waals surface area contributed by atoms with Crippen LogP contribution in [-0.2, 0) is 4.79 Å². The molecule has 1 aliphatic rings. The molecule has 0 unspecified atom stereocenters. The molecule has 3 amide bonds. The van der Waals surface area contributed by atoms with Crippen molar-refractivity contribution in [1.82, 2.24) is 4.90 Å². The molecule has 0 radical (unpaired) electrons. The zero-order chi connectivity index (χ0) is 18.5. The van der Waals surface area contributed by atoms with Gasteiger partial charge in [-0.3, -0.25) is 9.69 Å². The number of anilines is 2. The zero-order valence-corrected chi connectivity index (χ0v) is 15.1. The lowest BCUT2D eigenvalue weighted by Gasteiger charge is -2.33. The van der Waals surface area contributed by atoms with E-state index in [0.717, 1.165) is 24.2 Å². The number of ether oxygens (including phenoxy) is 1. The molecule has 0 spiro atoms. The van der Waals surface area contributed by atoms with E-state index in [1.165, 1.54) is 0 Å². The fourth-order valence-electron chi connectivity index (χ4n) is 2.88. The first-order valence-electron chi connectivity index (χ1n) is 8.65. The molecule has 26 heavy (non-hydrogen) atoms. The minimum atomic E-state index is -0.229. The Morgan fingerprint density at radius 1 is 1.15 bits per heavy atom. The van der Waals surface area contributed by atoms with E-state index in [2.05, 4.69) is 5.32 Å². The fourth-order valence-corrected chi connectivity index (χ4v) is 2.88. The SMILES string of the molecule is Cc1cccc(OCC(=O)Nc2ccc(N3CCCN(C)C3=O)cc2)c1. The third kappa shape index (κ3) is 4.33. The molecule has 2 aromatic carbocycles. The van der Waals surface area contributed by atoms with Crippen LogP contribution in [0.4, 0.5) is 16.2 Å². The van der Waals surface area contributed by atoms with Gasteiger partial charge in [0.25, 0.3) is 5.91 Å². The van der Waals surface area contributed by atoms with Crippen molar-refractivity contribution in [1.29, 1.82) is 0 Å². The van der Waals surface area contributed by atoms with Crippen molar-refractivity contribution < 1.29 is 14.3 Å². The lowest BCUT2D eigenvalue weighted by atomic mass is 10.2. The van der Waals surface area contributed by atoms with E-state index in [4.69, 9.17) is 4.74 Å². The molecule has 0 bridgehead atoms. The van der Waals surface area contributed by atoms with Gasteiger partial charge >= 0.3 is 6.03 Å². The highest BCUT2D eigenvalue weighted by atomic mass is 16.5. The molecule has 2 aromatic rings. The highest BCUT2D eigenvalue weighted by Crippen LogP contribution is 2.21. The summed E-state index contributed by atoms with van der Waals surface area (Å²) >= 11 is 0. The second-order valence-corrected chi connectivity index (χ2v) is 6.41. The number of benzene rings is 2. The molecule has 6 heteroatoms. The smallest absolute Gasteiger partial charge is 0.324 e. The molecule has 6 nitrogen and oxygen atoms in total. The first-order valence-corrected chi connectivity index (χ1v) is 8.65. The van der Waals surface area contributed by atoms with Gasteiger partial charge in [0.05, 0.1) is 0 Å². The van der Waals surface area contributed by atoms with Crippen molar-refractivity contribution in [2.24, 2.45) is 0 Å². The number of aryl methyl sites for hydroxylation is 1. The summed E-state index contributed by atoms with van der Waals surface area (Å²) in [6, 6.07) is 14.8. The van der Waals surface area contributed by atoms with Gasteiger partial charge in [0.2, 0.25) is 0 Å². The van der Waals surface area contributed by atoms with Gasteiger partial charge in [-0.1, -0.05) is 12.1 Å². The van der Waals surface area contributed by atoms with E-state index >= 15 is 0 Å². The minimum Gasteiger partial charge on any atom is -0.484 e. The second-order valence-electron chi connectivity index (χ2n) is 6.41. The number of hydrogen-bond donors (Lipinski definition) is 1. The Labute approximate surface area is 153 Å². The van der Waals surface area contributed by atoms with Crippen LogP contribution in [0, 0.1) is 6.92 Å². The number of urea groups is 1. The summed E-state index contributed by atoms with van der Waals surface area (Å²) in [6.07, 6.45) is 0.941. The summed E-state index contributed by atoms with van der Waals surface area (Å²) in [4.78, 5) is 27.7. The quantitative estimate of drug-likeness (QED) is 0.897. The highest BCUT2D eigenvalue weighted by molar-refractivity contribution is 5.94. The lowest BCUT2D eigenvalue weighted by Crippen LogP contribution is -2.47. The Hall–Kier alpha value is -3.02. The Morgan fingerprint density at radius 2 is 1.92 bits per heavy atom. The highest BCUT2D eigenvalue weighted by Gasteiger charge is 2.23. The minimum absolute atomic E-state index is 0.000380. The molecule has 1 fully saturated rings. The normalized spacial score (nSPS) is 14.3. The number of hydrogen-bond acceptors (Lipinski definition) is 3. The maximum absolute atomic E-state index is 12.2. The van der Waals surface area contributed by atoms with Crippen LogP contribution < -0.4 is 15.0 Å². The summed E-state index contributed by atoms with van der Waals surface area (Å²) in [5.74, 6) is 0.441. The molecule has 3 rings (SSSR count). The van der Waals surface area contributed by atoms with Crippen LogP contribution in [0.1, 0.15) is 12.0 Å². The van der Waals surface area contributed by atoms with Crippen LogP contribution in [0.3, 0.4) is 0 Å². The number of nitrogens with one attached hydrogen (secondary N) is 1. The zero-order valence-electron chi connectivity index (χ0n) is 15.1. The molecular formula is C20H23N3O3. The van der Waals surface area contributed by atoms with Gasteiger partial charge < -0.3 is 15.0 Å². The van der Waals surface area contributed by atoms with E-state index in [0.29, 0.717) is 18.0 Å². The van der Waals surface area contributed by atoms with Gasteiger partial charge in [0, 0.05) is 31.5 Å². The van der Waals surface area contributed by atoms with Crippen LogP contribution in [0.2, 0.25) is 0 Å². The summed E-state index contributed by atoms with van der Waals surface area (Å²) in [5.41, 5.74) is 2.58. The molecule has 1 heterocycles. The van der Waals surface area contributed by atoms with Gasteiger partial charge in [0.15, 0.2) is 6.61 Å². The molecule has 0 aliphatic carbocycles. The van der Waals surface area contributed by atoms with Crippen LogP contribution in [0.25, 0.3) is 0 Å². The Morgan fingerprint density at radius 3 is 2.65 bits per heavy atom. The number of nitrogens with zero attached hydrogens (tertiary/aromatic N) is 2. The van der Waals surface area contributed by atoms with E-state index < -0.39 is 0 Å². The monoisotopic (exact) mass is 353 g/mol. The molecule has 0 atom stereocenters. The predicted molar refractivity (Wildman–Crippen MR) is 102 cm³/mol. The standard InChI is InChI=1S/C20H23N3O3/c1-15-5-3-6-18(13-15)26-14-19(24)21-16-7-9-17(10-8-16)23-12-4-11-22(2)20(23)25/h3,5-10,13H,4,11-12,14H2,1-2H3,(H,21,24). The summed E-state index contributed by atoms with van der Waals surface area (Å²) < 4.78 is 5.50. The van der Waals surface area contributed by atoms with Crippen molar-refractivity contribution in [3.05, 3.63) is 54.1 Å². The molecule has 0 saturated carbocycles. The van der Waals surface area contributed by atoms with E-state index in [9.17, 15) is 9.59 Å². The Kier molecular flexibility index (Phi) is 5.41. The van der Waals surface area contributed by atoms with Crippen LogP contribution in [0.5, 0.6) is 5.75 Å². The first kappa shape index (κ1) is 17.8. The Balaban J connectivity index is 1.55. The van der Waals surface area contributed by atoms with Crippen LogP contribution in [-0.4, -0.2) is 43.6 Å². The van der Waals surface area contributed by atoms with Crippen molar-refractivity contribution >= 4 is 23.3 Å². The van der Waals surface area contributed by atoms with E-state index in [-0.39, 0.29) is 18.5 Å². The van der Waals surface area contributed by atoms with Crippen molar-refractivity contribution in [3.8, 4) is 5.75 Å². The van der Waals surface area contributed by atoms with Crippen LogP contribution >= 0.6 is 0 Å². The van der Waals surface area contributed by atoms with Crippen molar-refractivity contribution in [2.45, 2.75) is 13.3 Å². The maximum Gasteiger partial charge on any atom is 0.324 e. The third-order valence-electron chi connectivity index (χ3n) is 4.25. The van der Waals surface area contributed by atoms with Gasteiger partial charge in [-0.25, -0.2) is 4.79 Å². The average molecular weight is 353 g/mol. The lowest BCUT2D eigenvalue weighted by molar-refractivity contribution is -0.118. The third-order valence-corrected chi connectivity index (χ3v) is 4.25. The molecule has 1 saturated heterocycles. The Bertz CT molecular complexity index is 789. The summed E-state index contributed by atoms with van der Waals surface area (Å²) in [6.45, 7) is 3.41. The number of carbonyl (C=O) groups is 2. The molecule has 1 N–H and O–H groups in total. The molecule has 1 aliphatic heterocycles. The van der Waals surface area contributed by atoms with Crippen LogP contribution in [0.15, 0.2) is 48.5 Å². The van der Waals surface area contributed by atoms with E-state index in [1.807, 2.05) is 43.3 Å². The van der Waals surface area contributed by atoms with Gasteiger partial charge in [0.1, 0.15) is 5.75 Å².